The van der Waals surface area contributed by atoms with Gasteiger partial charge >= 0.3 is 0 Å². The minimum atomic E-state index is -3.55. The normalized spacial score (nSPS) is 31.0. The Bertz CT molecular complexity index is 848. The first-order valence-corrected chi connectivity index (χ1v) is 12.7. The summed E-state index contributed by atoms with van der Waals surface area (Å²) in [6.45, 7) is 5.45. The van der Waals surface area contributed by atoms with E-state index in [9.17, 15) is 13.2 Å². The van der Waals surface area contributed by atoms with Crippen molar-refractivity contribution in [3.8, 4) is 0 Å². The van der Waals surface area contributed by atoms with E-state index in [4.69, 9.17) is 0 Å². The van der Waals surface area contributed by atoms with Crippen molar-refractivity contribution in [3.05, 3.63) is 29.8 Å². The molecule has 6 heteroatoms. The lowest BCUT2D eigenvalue weighted by Gasteiger charge is -2.57. The molecule has 1 aromatic rings. The lowest BCUT2D eigenvalue weighted by atomic mass is 9.48. The van der Waals surface area contributed by atoms with E-state index in [0.29, 0.717) is 5.69 Å². The number of nitrogens with one attached hydrogen (secondary N) is 1. The van der Waals surface area contributed by atoms with E-state index in [1.807, 2.05) is 32.9 Å². The summed E-state index contributed by atoms with van der Waals surface area (Å²) in [4.78, 5) is 12.4. The molecule has 4 saturated carbocycles. The van der Waals surface area contributed by atoms with Crippen molar-refractivity contribution < 1.29 is 13.2 Å². The van der Waals surface area contributed by atoms with Crippen molar-refractivity contribution in [1.29, 1.82) is 0 Å². The Hall–Kier alpha value is -1.56. The Kier molecular flexibility index (Phi) is 5.00. The lowest BCUT2D eigenvalue weighted by Crippen LogP contribution is -2.48. The van der Waals surface area contributed by atoms with Crippen LogP contribution in [-0.2, 0) is 20.2 Å². The molecule has 160 valence electrons. The van der Waals surface area contributed by atoms with Gasteiger partial charge in [0, 0.05) is 5.54 Å². The van der Waals surface area contributed by atoms with Gasteiger partial charge in [-0.25, -0.2) is 8.42 Å². The summed E-state index contributed by atoms with van der Waals surface area (Å²) in [7, 11) is -3.55. The van der Waals surface area contributed by atoms with Gasteiger partial charge in [0.2, 0.25) is 15.9 Å². The topological polar surface area (TPSA) is 66.5 Å². The van der Waals surface area contributed by atoms with Crippen LogP contribution >= 0.6 is 0 Å². The third-order valence-electron chi connectivity index (χ3n) is 7.01. The zero-order chi connectivity index (χ0) is 21.0. The second-order valence-corrected chi connectivity index (χ2v) is 12.7. The summed E-state index contributed by atoms with van der Waals surface area (Å²) < 4.78 is 26.0. The Labute approximate surface area is 175 Å². The maximum atomic E-state index is 12.4. The molecule has 4 aliphatic rings. The van der Waals surface area contributed by atoms with E-state index in [1.165, 1.54) is 48.4 Å². The van der Waals surface area contributed by atoms with Crippen LogP contribution in [0.5, 0.6) is 0 Å². The Morgan fingerprint density at radius 2 is 1.52 bits per heavy atom. The number of hydrogen-bond acceptors (Lipinski definition) is 3. The quantitative estimate of drug-likeness (QED) is 0.790. The fourth-order valence-corrected chi connectivity index (χ4v) is 7.29. The average molecular weight is 419 g/mol. The molecule has 4 aliphatic carbocycles. The summed E-state index contributed by atoms with van der Waals surface area (Å²) in [5.74, 6) is 2.31. The summed E-state index contributed by atoms with van der Waals surface area (Å²) in [6.07, 6.45) is 9.21. The number of benzene rings is 1. The van der Waals surface area contributed by atoms with E-state index in [0.717, 1.165) is 24.0 Å². The molecule has 1 amide bonds. The van der Waals surface area contributed by atoms with Crippen LogP contribution in [0.15, 0.2) is 24.3 Å². The first kappa shape index (κ1) is 20.7. The molecule has 0 aromatic heterocycles. The fourth-order valence-electron chi connectivity index (χ4n) is 6.43. The standard InChI is InChI=1S/C23H34N2O3S/c1-22(2,3)24-21(26)15-25(29(4,27)28)20-7-5-19(6-8-20)23-12-16-9-17(13-23)11-18(10-16)14-23/h5-8,16-18H,9-15H2,1-4H3,(H,24,26). The second-order valence-electron chi connectivity index (χ2n) is 10.8. The maximum absolute atomic E-state index is 12.4. The number of carbonyl (C=O) groups is 1. The van der Waals surface area contributed by atoms with E-state index in [-0.39, 0.29) is 17.9 Å². The van der Waals surface area contributed by atoms with Crippen LogP contribution in [0.25, 0.3) is 0 Å². The van der Waals surface area contributed by atoms with E-state index < -0.39 is 15.6 Å². The lowest BCUT2D eigenvalue weighted by molar-refractivity contribution is -0.121. The van der Waals surface area contributed by atoms with Crippen molar-refractivity contribution in [1.82, 2.24) is 5.32 Å². The highest BCUT2D eigenvalue weighted by Gasteiger charge is 2.51. The van der Waals surface area contributed by atoms with Crippen LogP contribution in [0.3, 0.4) is 0 Å². The summed E-state index contributed by atoms with van der Waals surface area (Å²) in [5.41, 5.74) is 1.80. The van der Waals surface area contributed by atoms with Gasteiger partial charge in [-0.2, -0.15) is 0 Å². The summed E-state index contributed by atoms with van der Waals surface area (Å²) in [5, 5.41) is 2.85. The molecule has 0 radical (unpaired) electrons. The molecular formula is C23H34N2O3S. The van der Waals surface area contributed by atoms with Crippen molar-refractivity contribution in [3.63, 3.8) is 0 Å². The number of rotatable bonds is 5. The van der Waals surface area contributed by atoms with Gasteiger partial charge in [-0.05, 0) is 100 Å². The van der Waals surface area contributed by atoms with E-state index in [2.05, 4.69) is 17.4 Å². The van der Waals surface area contributed by atoms with Gasteiger partial charge in [-0.15, -0.1) is 0 Å². The summed E-state index contributed by atoms with van der Waals surface area (Å²) in [6, 6.07) is 8.00. The Morgan fingerprint density at radius 3 is 1.93 bits per heavy atom. The first-order valence-electron chi connectivity index (χ1n) is 10.8. The van der Waals surface area contributed by atoms with Gasteiger partial charge in [-0.1, -0.05) is 12.1 Å². The van der Waals surface area contributed by atoms with Gasteiger partial charge in [0.1, 0.15) is 6.54 Å². The number of amides is 1. The van der Waals surface area contributed by atoms with Crippen LogP contribution in [-0.4, -0.2) is 32.7 Å². The monoisotopic (exact) mass is 418 g/mol. The van der Waals surface area contributed by atoms with E-state index in [1.54, 1.807) is 0 Å². The number of sulfonamides is 1. The predicted octanol–water partition coefficient (Wildman–Crippen LogP) is 3.84. The van der Waals surface area contributed by atoms with Gasteiger partial charge in [0.25, 0.3) is 0 Å². The molecule has 1 N–H and O–H groups in total. The highest BCUT2D eigenvalue weighted by Crippen LogP contribution is 2.60. The van der Waals surface area contributed by atoms with E-state index >= 15 is 0 Å². The highest BCUT2D eigenvalue weighted by atomic mass is 32.2. The largest absolute Gasteiger partial charge is 0.350 e. The molecule has 4 fully saturated rings. The van der Waals surface area contributed by atoms with Crippen molar-refractivity contribution in [2.75, 3.05) is 17.1 Å². The molecule has 0 saturated heterocycles. The fraction of sp³-hybridized carbons (Fsp3) is 0.696. The maximum Gasteiger partial charge on any atom is 0.241 e. The van der Waals surface area contributed by atoms with Crippen molar-refractivity contribution >= 4 is 21.6 Å². The molecule has 4 bridgehead atoms. The average Bonchev–Trinajstić information content (AvgIpc) is 2.56. The zero-order valence-corrected chi connectivity index (χ0v) is 18.9. The number of carbonyl (C=O) groups excluding carboxylic acids is 1. The molecule has 0 heterocycles. The molecular weight excluding hydrogens is 384 g/mol. The van der Waals surface area contributed by atoms with Gasteiger partial charge in [-0.3, -0.25) is 9.10 Å². The Balaban J connectivity index is 1.56. The molecule has 5 rings (SSSR count). The number of anilines is 1. The minimum absolute atomic E-state index is 0.202. The second kappa shape index (κ2) is 7.00. The third kappa shape index (κ3) is 4.32. The number of hydrogen-bond donors (Lipinski definition) is 1. The first-order chi connectivity index (χ1) is 13.4. The summed E-state index contributed by atoms with van der Waals surface area (Å²) >= 11 is 0. The smallest absolute Gasteiger partial charge is 0.241 e. The van der Waals surface area contributed by atoms with Crippen LogP contribution < -0.4 is 9.62 Å². The van der Waals surface area contributed by atoms with Gasteiger partial charge < -0.3 is 5.32 Å². The van der Waals surface area contributed by atoms with Crippen LogP contribution in [0, 0.1) is 17.8 Å². The molecule has 5 nitrogen and oxygen atoms in total. The molecule has 0 aliphatic heterocycles. The SMILES string of the molecule is CC(C)(C)NC(=O)CN(c1ccc(C23CC4CC(CC(C4)C2)C3)cc1)S(C)(=O)=O. The molecule has 29 heavy (non-hydrogen) atoms. The molecule has 0 spiro atoms. The zero-order valence-electron chi connectivity index (χ0n) is 18.1. The minimum Gasteiger partial charge on any atom is -0.350 e. The predicted molar refractivity (Wildman–Crippen MR) is 116 cm³/mol. The highest BCUT2D eigenvalue weighted by molar-refractivity contribution is 7.92. The van der Waals surface area contributed by atoms with Crippen LogP contribution in [0.1, 0.15) is 64.9 Å². The van der Waals surface area contributed by atoms with Gasteiger partial charge in [0.15, 0.2) is 0 Å². The van der Waals surface area contributed by atoms with Crippen molar-refractivity contribution in [2.45, 2.75) is 70.3 Å². The molecule has 0 atom stereocenters. The Morgan fingerprint density at radius 1 is 1.03 bits per heavy atom. The van der Waals surface area contributed by atoms with Crippen molar-refractivity contribution in [2.24, 2.45) is 17.8 Å². The molecule has 0 unspecified atom stereocenters. The van der Waals surface area contributed by atoms with Crippen LogP contribution in [0.2, 0.25) is 0 Å². The van der Waals surface area contributed by atoms with Gasteiger partial charge in [0.05, 0.1) is 11.9 Å². The number of nitrogens with zero attached hydrogens (tertiary/aromatic N) is 1. The van der Waals surface area contributed by atoms with Crippen LogP contribution in [0.4, 0.5) is 5.69 Å². The molecule has 1 aromatic carbocycles. The third-order valence-corrected chi connectivity index (χ3v) is 8.15.